The number of aryl methyl sites for hydroxylation is 1. The van der Waals surface area contributed by atoms with Crippen LogP contribution in [-0.2, 0) is 10.0 Å². The largest absolute Gasteiger partial charge is 0.388 e. The minimum absolute atomic E-state index is 0.106. The summed E-state index contributed by atoms with van der Waals surface area (Å²) in [6.07, 6.45) is 3.70. The normalized spacial score (nSPS) is 19.6. The Kier molecular flexibility index (Phi) is 6.98. The molecule has 2 saturated heterocycles. The first-order valence-electron chi connectivity index (χ1n) is 11.5. The Bertz CT molecular complexity index is 1040. The smallest absolute Gasteiger partial charge is 0.253 e. The number of likely N-dealkylation sites (tertiary alicyclic amines) is 1. The molecule has 2 fully saturated rings. The first kappa shape index (κ1) is 23.0. The molecule has 0 aliphatic carbocycles. The fourth-order valence-corrected chi connectivity index (χ4v) is 6.55. The minimum Gasteiger partial charge on any atom is -0.388 e. The van der Waals surface area contributed by atoms with E-state index in [1.54, 1.807) is 34.3 Å². The van der Waals surface area contributed by atoms with Gasteiger partial charge in [0.15, 0.2) is 0 Å². The Labute approximate surface area is 190 Å². The van der Waals surface area contributed by atoms with Crippen molar-refractivity contribution in [1.82, 2.24) is 9.21 Å². The summed E-state index contributed by atoms with van der Waals surface area (Å²) in [6.45, 7) is 3.96. The monoisotopic (exact) mass is 456 g/mol. The number of aliphatic hydroxyl groups excluding tert-OH is 1. The number of piperidine rings is 2. The van der Waals surface area contributed by atoms with Gasteiger partial charge in [0.2, 0.25) is 10.0 Å². The zero-order valence-electron chi connectivity index (χ0n) is 18.6. The molecule has 1 atom stereocenters. The van der Waals surface area contributed by atoms with Crippen molar-refractivity contribution in [1.29, 1.82) is 0 Å². The van der Waals surface area contributed by atoms with E-state index in [4.69, 9.17) is 0 Å². The average Bonchev–Trinajstić information content (AvgIpc) is 2.84. The van der Waals surface area contributed by atoms with Crippen molar-refractivity contribution < 1.29 is 18.3 Å². The molecule has 0 saturated carbocycles. The van der Waals surface area contributed by atoms with E-state index in [0.29, 0.717) is 50.1 Å². The maximum absolute atomic E-state index is 13.2. The van der Waals surface area contributed by atoms with Gasteiger partial charge in [0, 0.05) is 31.7 Å². The molecule has 6 nitrogen and oxygen atoms in total. The van der Waals surface area contributed by atoms with Gasteiger partial charge >= 0.3 is 0 Å². The first-order chi connectivity index (χ1) is 15.4. The predicted molar refractivity (Wildman–Crippen MR) is 124 cm³/mol. The minimum atomic E-state index is -3.60. The fourth-order valence-electron chi connectivity index (χ4n) is 4.78. The van der Waals surface area contributed by atoms with E-state index in [0.717, 1.165) is 24.8 Å². The highest BCUT2D eigenvalue weighted by Crippen LogP contribution is 2.31. The lowest BCUT2D eigenvalue weighted by Gasteiger charge is -2.34. The summed E-state index contributed by atoms with van der Waals surface area (Å²) >= 11 is 0. The van der Waals surface area contributed by atoms with Gasteiger partial charge in [0.25, 0.3) is 5.91 Å². The number of rotatable bonds is 5. The van der Waals surface area contributed by atoms with Crippen LogP contribution in [0.15, 0.2) is 53.4 Å². The third kappa shape index (κ3) is 4.75. The fraction of sp³-hybridized carbons (Fsp3) is 0.480. The van der Waals surface area contributed by atoms with Crippen LogP contribution >= 0.6 is 0 Å². The van der Waals surface area contributed by atoms with Crippen LogP contribution in [-0.4, -0.2) is 54.8 Å². The van der Waals surface area contributed by atoms with E-state index < -0.39 is 16.1 Å². The summed E-state index contributed by atoms with van der Waals surface area (Å²) in [5, 5.41) is 10.7. The maximum Gasteiger partial charge on any atom is 0.253 e. The van der Waals surface area contributed by atoms with Crippen LogP contribution in [0.2, 0.25) is 0 Å². The van der Waals surface area contributed by atoms with Gasteiger partial charge in [0.05, 0.1) is 11.0 Å². The highest BCUT2D eigenvalue weighted by atomic mass is 32.2. The van der Waals surface area contributed by atoms with Gasteiger partial charge in [-0.05, 0) is 61.8 Å². The molecule has 7 heteroatoms. The Morgan fingerprint density at radius 1 is 0.969 bits per heavy atom. The quantitative estimate of drug-likeness (QED) is 0.743. The average molecular weight is 457 g/mol. The molecule has 0 aromatic heterocycles. The highest BCUT2D eigenvalue weighted by Gasteiger charge is 2.31. The number of sulfonamides is 1. The van der Waals surface area contributed by atoms with Gasteiger partial charge in [0.1, 0.15) is 0 Å². The molecule has 2 aliphatic heterocycles. The summed E-state index contributed by atoms with van der Waals surface area (Å²) in [5.74, 6) is -0.0396. The lowest BCUT2D eigenvalue weighted by Crippen LogP contribution is -2.40. The SMILES string of the molecule is Cc1ccc(C(=O)N2CCC(C(O)c3ccccc3)CC2)cc1S(=O)(=O)N1CCCCC1. The van der Waals surface area contributed by atoms with Crippen LogP contribution in [0.4, 0.5) is 0 Å². The summed E-state index contributed by atoms with van der Waals surface area (Å²) in [4.78, 5) is 15.2. The van der Waals surface area contributed by atoms with Crippen molar-refractivity contribution in [3.05, 3.63) is 65.2 Å². The Morgan fingerprint density at radius 3 is 2.28 bits per heavy atom. The van der Waals surface area contributed by atoms with Crippen LogP contribution in [0.5, 0.6) is 0 Å². The Balaban J connectivity index is 1.46. The predicted octanol–water partition coefficient (Wildman–Crippen LogP) is 3.76. The number of amides is 1. The van der Waals surface area contributed by atoms with Gasteiger partial charge in [-0.25, -0.2) is 8.42 Å². The number of hydrogen-bond donors (Lipinski definition) is 1. The standard InChI is InChI=1S/C25H32N2O4S/c1-19-10-11-22(18-23(19)32(30,31)27-14-6-3-7-15-27)25(29)26-16-12-21(13-17-26)24(28)20-8-4-2-5-9-20/h2,4-5,8-11,18,21,24,28H,3,6-7,12-17H2,1H3. The second-order valence-corrected chi connectivity index (χ2v) is 10.8. The van der Waals surface area contributed by atoms with Crippen molar-refractivity contribution in [2.24, 2.45) is 5.92 Å². The number of aliphatic hydroxyl groups is 1. The molecular weight excluding hydrogens is 424 g/mol. The molecule has 32 heavy (non-hydrogen) atoms. The van der Waals surface area contributed by atoms with E-state index >= 15 is 0 Å². The molecule has 4 rings (SSSR count). The Morgan fingerprint density at radius 2 is 1.62 bits per heavy atom. The van der Waals surface area contributed by atoms with Crippen molar-refractivity contribution in [3.63, 3.8) is 0 Å². The van der Waals surface area contributed by atoms with Crippen LogP contribution in [0.25, 0.3) is 0 Å². The van der Waals surface area contributed by atoms with Gasteiger partial charge in [-0.2, -0.15) is 4.31 Å². The van der Waals surface area contributed by atoms with E-state index in [2.05, 4.69) is 0 Å². The third-order valence-corrected chi connectivity index (χ3v) is 8.82. The van der Waals surface area contributed by atoms with Gasteiger partial charge in [-0.3, -0.25) is 4.79 Å². The second-order valence-electron chi connectivity index (χ2n) is 8.93. The molecule has 1 unspecified atom stereocenters. The molecule has 1 N–H and O–H groups in total. The second kappa shape index (κ2) is 9.73. The number of benzene rings is 2. The Hall–Kier alpha value is -2.22. The summed E-state index contributed by atoms with van der Waals surface area (Å²) in [7, 11) is -3.60. The van der Waals surface area contributed by atoms with Crippen molar-refractivity contribution >= 4 is 15.9 Å². The lowest BCUT2D eigenvalue weighted by molar-refractivity contribution is 0.0462. The van der Waals surface area contributed by atoms with Crippen molar-refractivity contribution in [3.8, 4) is 0 Å². The van der Waals surface area contributed by atoms with Crippen LogP contribution in [0, 0.1) is 12.8 Å². The summed E-state index contributed by atoms with van der Waals surface area (Å²) in [6, 6.07) is 14.6. The van der Waals surface area contributed by atoms with Gasteiger partial charge in [-0.15, -0.1) is 0 Å². The molecule has 0 spiro atoms. The molecule has 2 aromatic carbocycles. The first-order valence-corrected chi connectivity index (χ1v) is 12.9. The molecule has 0 bridgehead atoms. The highest BCUT2D eigenvalue weighted by molar-refractivity contribution is 7.89. The molecule has 2 aliphatic rings. The van der Waals surface area contributed by atoms with Crippen LogP contribution in [0.1, 0.15) is 59.7 Å². The van der Waals surface area contributed by atoms with Crippen molar-refractivity contribution in [2.75, 3.05) is 26.2 Å². The molecule has 2 heterocycles. The number of carbonyl (C=O) groups excluding carboxylic acids is 1. The number of nitrogens with zero attached hydrogens (tertiary/aromatic N) is 2. The summed E-state index contributed by atoms with van der Waals surface area (Å²) in [5.41, 5.74) is 1.98. The van der Waals surface area contributed by atoms with Gasteiger partial charge < -0.3 is 10.0 Å². The van der Waals surface area contributed by atoms with Crippen LogP contribution in [0.3, 0.4) is 0 Å². The zero-order valence-corrected chi connectivity index (χ0v) is 19.4. The number of hydrogen-bond acceptors (Lipinski definition) is 4. The van der Waals surface area contributed by atoms with Crippen molar-refractivity contribution in [2.45, 2.75) is 50.0 Å². The summed E-state index contributed by atoms with van der Waals surface area (Å²) < 4.78 is 27.9. The maximum atomic E-state index is 13.2. The van der Waals surface area contributed by atoms with E-state index in [1.807, 2.05) is 30.3 Å². The zero-order chi connectivity index (χ0) is 22.7. The van der Waals surface area contributed by atoms with E-state index in [1.165, 1.54) is 0 Å². The number of carbonyl (C=O) groups is 1. The molecule has 0 radical (unpaired) electrons. The molecular formula is C25H32N2O4S. The van der Waals surface area contributed by atoms with Crippen LogP contribution < -0.4 is 0 Å². The van der Waals surface area contributed by atoms with Gasteiger partial charge in [-0.1, -0.05) is 42.8 Å². The molecule has 1 amide bonds. The third-order valence-electron chi connectivity index (χ3n) is 6.78. The van der Waals surface area contributed by atoms with E-state index in [9.17, 15) is 18.3 Å². The topological polar surface area (TPSA) is 77.9 Å². The van der Waals surface area contributed by atoms with E-state index in [-0.39, 0.29) is 16.7 Å². The molecule has 2 aromatic rings. The lowest BCUT2D eigenvalue weighted by atomic mass is 9.87. The molecule has 172 valence electrons.